The van der Waals surface area contributed by atoms with Gasteiger partial charge in [-0.25, -0.2) is 0 Å². The van der Waals surface area contributed by atoms with Gasteiger partial charge in [-0.3, -0.25) is 4.79 Å². The number of benzene rings is 1. The molecule has 1 aromatic carbocycles. The van der Waals surface area contributed by atoms with Gasteiger partial charge in [0, 0.05) is 16.8 Å². The predicted molar refractivity (Wildman–Crippen MR) is 101 cm³/mol. The summed E-state index contributed by atoms with van der Waals surface area (Å²) >= 11 is 23.7. The molecule has 1 N–H and O–H groups in total. The van der Waals surface area contributed by atoms with Crippen LogP contribution in [0.2, 0.25) is 5.02 Å². The first kappa shape index (κ1) is 23.5. The lowest BCUT2D eigenvalue weighted by Gasteiger charge is -2.39. The Labute approximate surface area is 171 Å². The zero-order valence-corrected chi connectivity index (χ0v) is 17.4. The van der Waals surface area contributed by atoms with Crippen LogP contribution in [0.25, 0.3) is 0 Å². The summed E-state index contributed by atoms with van der Waals surface area (Å²) in [6.07, 6.45) is -4.28. The standard InChI is InChI=1S/C17H20Cl4F2O3/c1-4-12(14(24)25)15(2,3)13(19)9-16(20,21)17(22,23)26-11-7-5-10(18)6-8-11/h5-8,12-13H,4,9H2,1-3H3,(H,24,25). The van der Waals surface area contributed by atoms with E-state index in [-0.39, 0.29) is 12.2 Å². The summed E-state index contributed by atoms with van der Waals surface area (Å²) in [6.45, 7) is 4.83. The Morgan fingerprint density at radius 2 is 1.73 bits per heavy atom. The molecule has 2 atom stereocenters. The normalized spacial score (nSPS) is 15.4. The molecule has 1 rings (SSSR count). The van der Waals surface area contributed by atoms with Crippen molar-refractivity contribution in [1.82, 2.24) is 0 Å². The van der Waals surface area contributed by atoms with Gasteiger partial charge in [0.15, 0.2) is 0 Å². The van der Waals surface area contributed by atoms with Crippen LogP contribution < -0.4 is 4.74 Å². The monoisotopic (exact) mass is 450 g/mol. The van der Waals surface area contributed by atoms with Crippen LogP contribution in [-0.4, -0.2) is 26.9 Å². The number of rotatable bonds is 9. The average molecular weight is 452 g/mol. The van der Waals surface area contributed by atoms with Crippen LogP contribution in [0.3, 0.4) is 0 Å². The molecule has 0 aliphatic carbocycles. The SMILES string of the molecule is CCC(C(=O)O)C(C)(C)C(Cl)CC(Cl)(Cl)C(F)(F)Oc1ccc(Cl)cc1. The van der Waals surface area contributed by atoms with Gasteiger partial charge in [-0.15, -0.1) is 11.6 Å². The minimum atomic E-state index is -3.97. The average Bonchev–Trinajstić information content (AvgIpc) is 2.48. The van der Waals surface area contributed by atoms with E-state index < -0.39 is 39.5 Å². The van der Waals surface area contributed by atoms with Crippen LogP contribution in [0, 0.1) is 11.3 Å². The number of carboxylic acid groups (broad SMARTS) is 1. The van der Waals surface area contributed by atoms with Gasteiger partial charge in [0.1, 0.15) is 5.75 Å². The first-order valence-corrected chi connectivity index (χ1v) is 9.38. The molecule has 0 heterocycles. The van der Waals surface area contributed by atoms with Crippen molar-refractivity contribution in [3.63, 3.8) is 0 Å². The molecular formula is C17H20Cl4F2O3. The maximum absolute atomic E-state index is 14.5. The van der Waals surface area contributed by atoms with Crippen LogP contribution in [0.4, 0.5) is 8.78 Å². The van der Waals surface area contributed by atoms with E-state index in [9.17, 15) is 18.7 Å². The minimum absolute atomic E-state index is 0.174. The summed E-state index contributed by atoms with van der Waals surface area (Å²) in [4.78, 5) is 11.4. The Kier molecular flexibility index (Phi) is 7.86. The molecule has 0 spiro atoms. The summed E-state index contributed by atoms with van der Waals surface area (Å²) in [6, 6.07) is 5.26. The van der Waals surface area contributed by atoms with Gasteiger partial charge in [-0.2, -0.15) is 8.78 Å². The van der Waals surface area contributed by atoms with E-state index in [1.165, 1.54) is 24.3 Å². The number of carbonyl (C=O) groups is 1. The maximum Gasteiger partial charge on any atom is 0.431 e. The molecule has 0 aliphatic heterocycles. The van der Waals surface area contributed by atoms with Crippen molar-refractivity contribution in [2.75, 3.05) is 0 Å². The van der Waals surface area contributed by atoms with Crippen LogP contribution in [-0.2, 0) is 4.79 Å². The third-order valence-corrected chi connectivity index (χ3v) is 6.05. The van der Waals surface area contributed by atoms with Crippen molar-refractivity contribution < 1.29 is 23.4 Å². The van der Waals surface area contributed by atoms with Gasteiger partial charge >= 0.3 is 12.1 Å². The molecule has 0 aliphatic rings. The molecule has 148 valence electrons. The quantitative estimate of drug-likeness (QED) is 0.429. The Balaban J connectivity index is 2.97. The highest BCUT2D eigenvalue weighted by atomic mass is 35.5. The lowest BCUT2D eigenvalue weighted by Crippen LogP contribution is -2.48. The van der Waals surface area contributed by atoms with Gasteiger partial charge in [-0.1, -0.05) is 55.6 Å². The zero-order valence-electron chi connectivity index (χ0n) is 14.4. The molecule has 0 saturated carbocycles. The summed E-state index contributed by atoms with van der Waals surface area (Å²) < 4.78 is 30.9. The lowest BCUT2D eigenvalue weighted by molar-refractivity contribution is -0.188. The van der Waals surface area contributed by atoms with Crippen molar-refractivity contribution in [1.29, 1.82) is 0 Å². The van der Waals surface area contributed by atoms with E-state index in [1.54, 1.807) is 20.8 Å². The van der Waals surface area contributed by atoms with Crippen molar-refractivity contribution in [2.45, 2.75) is 49.4 Å². The molecule has 3 nitrogen and oxygen atoms in total. The maximum atomic E-state index is 14.5. The molecule has 0 amide bonds. The van der Waals surface area contributed by atoms with Crippen molar-refractivity contribution in [3.8, 4) is 5.75 Å². The highest BCUT2D eigenvalue weighted by Gasteiger charge is 2.57. The number of hydrogen-bond acceptors (Lipinski definition) is 2. The Bertz CT molecular complexity index is 621. The number of carboxylic acids is 1. The largest absolute Gasteiger partial charge is 0.481 e. The summed E-state index contributed by atoms with van der Waals surface area (Å²) in [5, 5.41) is 8.63. The van der Waals surface area contributed by atoms with Gasteiger partial charge in [0.25, 0.3) is 0 Å². The number of aliphatic carboxylic acids is 1. The predicted octanol–water partition coefficient (Wildman–Crippen LogP) is 6.62. The molecule has 26 heavy (non-hydrogen) atoms. The van der Waals surface area contributed by atoms with Gasteiger partial charge in [-0.05, 0) is 36.1 Å². The highest BCUT2D eigenvalue weighted by molar-refractivity contribution is 6.49. The lowest BCUT2D eigenvalue weighted by atomic mass is 9.73. The van der Waals surface area contributed by atoms with E-state index in [0.29, 0.717) is 5.02 Å². The molecular weight excluding hydrogens is 432 g/mol. The van der Waals surface area contributed by atoms with E-state index >= 15 is 0 Å². The molecule has 2 unspecified atom stereocenters. The van der Waals surface area contributed by atoms with Crippen LogP contribution >= 0.6 is 46.4 Å². The van der Waals surface area contributed by atoms with Crippen molar-refractivity contribution in [3.05, 3.63) is 29.3 Å². The third-order valence-electron chi connectivity index (χ3n) is 4.33. The highest BCUT2D eigenvalue weighted by Crippen LogP contribution is 2.48. The van der Waals surface area contributed by atoms with Crippen molar-refractivity contribution >= 4 is 52.4 Å². The first-order valence-electron chi connectivity index (χ1n) is 7.81. The van der Waals surface area contributed by atoms with Crippen molar-refractivity contribution in [2.24, 2.45) is 11.3 Å². The first-order chi connectivity index (χ1) is 11.7. The smallest absolute Gasteiger partial charge is 0.431 e. The Hall–Kier alpha value is -0.490. The van der Waals surface area contributed by atoms with Gasteiger partial charge in [0.05, 0.1) is 5.92 Å². The summed E-state index contributed by atoms with van der Waals surface area (Å²) in [5.41, 5.74) is -1.03. The number of alkyl halides is 5. The van der Waals surface area contributed by atoms with Gasteiger partial charge in [0.2, 0.25) is 4.33 Å². The fourth-order valence-corrected chi connectivity index (χ4v) is 3.62. The van der Waals surface area contributed by atoms with Gasteiger partial charge < -0.3 is 9.84 Å². The molecule has 0 saturated heterocycles. The molecule has 0 aromatic heterocycles. The van der Waals surface area contributed by atoms with Crippen LogP contribution in [0.5, 0.6) is 5.75 Å². The van der Waals surface area contributed by atoms with Crippen LogP contribution in [0.15, 0.2) is 24.3 Å². The molecule has 0 radical (unpaired) electrons. The fraction of sp³-hybridized carbons (Fsp3) is 0.588. The van der Waals surface area contributed by atoms with E-state index in [2.05, 4.69) is 4.74 Å². The van der Waals surface area contributed by atoms with Crippen LogP contribution in [0.1, 0.15) is 33.6 Å². The number of halogens is 6. The Morgan fingerprint density at radius 1 is 1.23 bits per heavy atom. The molecule has 0 fully saturated rings. The summed E-state index contributed by atoms with van der Waals surface area (Å²) in [7, 11) is 0. The second kappa shape index (κ2) is 8.68. The minimum Gasteiger partial charge on any atom is -0.481 e. The summed E-state index contributed by atoms with van der Waals surface area (Å²) in [5.74, 6) is -2.09. The van der Waals surface area contributed by atoms with E-state index in [4.69, 9.17) is 46.4 Å². The second-order valence-electron chi connectivity index (χ2n) is 6.57. The van der Waals surface area contributed by atoms with E-state index in [1.807, 2.05) is 0 Å². The molecule has 0 bridgehead atoms. The zero-order chi connectivity index (χ0) is 20.3. The molecule has 1 aromatic rings. The number of ether oxygens (including phenoxy) is 1. The topological polar surface area (TPSA) is 46.5 Å². The molecule has 9 heteroatoms. The fourth-order valence-electron chi connectivity index (χ4n) is 2.57. The third kappa shape index (κ3) is 5.51. The number of hydrogen-bond donors (Lipinski definition) is 1. The Morgan fingerprint density at radius 3 is 2.15 bits per heavy atom. The second-order valence-corrected chi connectivity index (χ2v) is 9.02. The van der Waals surface area contributed by atoms with E-state index in [0.717, 1.165) is 0 Å².